The summed E-state index contributed by atoms with van der Waals surface area (Å²) in [6, 6.07) is 0. The Morgan fingerprint density at radius 3 is 2.58 bits per heavy atom. The lowest BCUT2D eigenvalue weighted by atomic mass is 10.1. The standard InChI is InChI=1S/C16H18ClN3O5S/c1-5-20-11(9(17)7-18-20)13(21)19-14-10(15(22)24-4)8(3)12(26-14)16(23)25-6-2/h7H,5-6H2,1-4H3,(H,19,21). The van der Waals surface area contributed by atoms with Gasteiger partial charge in [0.2, 0.25) is 0 Å². The van der Waals surface area contributed by atoms with Crippen molar-refractivity contribution in [2.45, 2.75) is 27.3 Å². The lowest BCUT2D eigenvalue weighted by molar-refractivity contribution is 0.0531. The number of nitrogens with one attached hydrogen (secondary N) is 1. The highest BCUT2D eigenvalue weighted by molar-refractivity contribution is 7.18. The number of thiophene rings is 1. The molecule has 0 saturated carbocycles. The van der Waals surface area contributed by atoms with Gasteiger partial charge in [-0.05, 0) is 26.3 Å². The third-order valence-corrected chi connectivity index (χ3v) is 5.00. The molecule has 2 rings (SSSR count). The van der Waals surface area contributed by atoms with Gasteiger partial charge >= 0.3 is 11.9 Å². The summed E-state index contributed by atoms with van der Waals surface area (Å²) in [6.45, 7) is 5.72. The molecule has 2 heterocycles. The normalized spacial score (nSPS) is 10.5. The summed E-state index contributed by atoms with van der Waals surface area (Å²) in [5.41, 5.74) is 0.645. The van der Waals surface area contributed by atoms with Crippen LogP contribution in [-0.2, 0) is 16.0 Å². The van der Waals surface area contributed by atoms with Gasteiger partial charge in [-0.25, -0.2) is 9.59 Å². The number of halogens is 1. The quantitative estimate of drug-likeness (QED) is 0.749. The molecule has 10 heteroatoms. The Hall–Kier alpha value is -2.39. The van der Waals surface area contributed by atoms with Crippen molar-refractivity contribution < 1.29 is 23.9 Å². The Morgan fingerprint density at radius 2 is 2.00 bits per heavy atom. The van der Waals surface area contributed by atoms with Crippen LogP contribution in [0.1, 0.15) is 49.9 Å². The number of ether oxygens (including phenoxy) is 2. The van der Waals surface area contributed by atoms with E-state index >= 15 is 0 Å². The van der Waals surface area contributed by atoms with Gasteiger partial charge in [0, 0.05) is 6.54 Å². The molecule has 1 amide bonds. The van der Waals surface area contributed by atoms with E-state index in [2.05, 4.69) is 10.4 Å². The van der Waals surface area contributed by atoms with Crippen molar-refractivity contribution in [2.75, 3.05) is 19.0 Å². The number of aromatic nitrogens is 2. The Morgan fingerprint density at radius 1 is 1.31 bits per heavy atom. The van der Waals surface area contributed by atoms with Crippen LogP contribution in [0.2, 0.25) is 5.02 Å². The molecule has 0 unspecified atom stereocenters. The summed E-state index contributed by atoms with van der Waals surface area (Å²) in [5, 5.41) is 7.00. The van der Waals surface area contributed by atoms with Crippen LogP contribution in [0.5, 0.6) is 0 Å². The number of carbonyl (C=O) groups excluding carboxylic acids is 3. The third kappa shape index (κ3) is 3.73. The highest BCUT2D eigenvalue weighted by Crippen LogP contribution is 2.34. The largest absolute Gasteiger partial charge is 0.465 e. The fourth-order valence-electron chi connectivity index (χ4n) is 2.33. The van der Waals surface area contributed by atoms with Gasteiger partial charge in [-0.1, -0.05) is 11.6 Å². The van der Waals surface area contributed by atoms with Crippen LogP contribution in [0, 0.1) is 6.92 Å². The Balaban J connectivity index is 2.46. The zero-order valence-corrected chi connectivity index (χ0v) is 16.3. The molecule has 26 heavy (non-hydrogen) atoms. The number of anilines is 1. The average Bonchev–Trinajstić information content (AvgIpc) is 3.14. The first-order valence-electron chi connectivity index (χ1n) is 7.77. The molecule has 0 spiro atoms. The summed E-state index contributed by atoms with van der Waals surface area (Å²) >= 11 is 6.98. The van der Waals surface area contributed by atoms with Gasteiger partial charge in [-0.3, -0.25) is 9.48 Å². The van der Waals surface area contributed by atoms with Crippen molar-refractivity contribution in [2.24, 2.45) is 0 Å². The molecule has 0 aliphatic carbocycles. The Bertz CT molecular complexity index is 858. The SMILES string of the molecule is CCOC(=O)c1sc(NC(=O)c2c(Cl)cnn2CC)c(C(=O)OC)c1C. The molecule has 0 aliphatic heterocycles. The zero-order valence-electron chi connectivity index (χ0n) is 14.7. The van der Waals surface area contributed by atoms with Gasteiger partial charge in [0.1, 0.15) is 15.6 Å². The zero-order chi connectivity index (χ0) is 19.4. The number of hydrogen-bond acceptors (Lipinski definition) is 7. The number of amides is 1. The minimum absolute atomic E-state index is 0.104. The van der Waals surface area contributed by atoms with Crippen LogP contribution in [-0.4, -0.2) is 41.3 Å². The van der Waals surface area contributed by atoms with Crippen LogP contribution in [0.3, 0.4) is 0 Å². The molecule has 0 radical (unpaired) electrons. The van der Waals surface area contributed by atoms with E-state index in [9.17, 15) is 14.4 Å². The number of nitrogens with zero attached hydrogens (tertiary/aromatic N) is 2. The first kappa shape index (κ1) is 19.9. The number of esters is 2. The fourth-order valence-corrected chi connectivity index (χ4v) is 3.64. The van der Waals surface area contributed by atoms with Crippen LogP contribution in [0.25, 0.3) is 0 Å². The van der Waals surface area contributed by atoms with E-state index in [1.165, 1.54) is 18.0 Å². The number of hydrogen-bond donors (Lipinski definition) is 1. The average molecular weight is 400 g/mol. The fraction of sp³-hybridized carbons (Fsp3) is 0.375. The smallest absolute Gasteiger partial charge is 0.348 e. The molecule has 0 bridgehead atoms. The first-order valence-corrected chi connectivity index (χ1v) is 8.96. The van der Waals surface area contributed by atoms with E-state index in [4.69, 9.17) is 21.1 Å². The second-order valence-corrected chi connectivity index (χ2v) is 6.51. The van der Waals surface area contributed by atoms with E-state index in [-0.39, 0.29) is 32.8 Å². The predicted molar refractivity (Wildman–Crippen MR) is 97.2 cm³/mol. The van der Waals surface area contributed by atoms with Gasteiger partial charge in [0.15, 0.2) is 0 Å². The number of aryl methyl sites for hydroxylation is 1. The molecule has 2 aromatic heterocycles. The molecule has 1 N–H and O–H groups in total. The summed E-state index contributed by atoms with van der Waals surface area (Å²) in [6.07, 6.45) is 1.37. The van der Waals surface area contributed by atoms with Crippen molar-refractivity contribution >= 4 is 45.8 Å². The first-order chi connectivity index (χ1) is 12.3. The van der Waals surface area contributed by atoms with Crippen LogP contribution in [0.15, 0.2) is 6.20 Å². The Labute approximate surface area is 159 Å². The highest BCUT2D eigenvalue weighted by Gasteiger charge is 2.28. The maximum atomic E-state index is 12.6. The second-order valence-electron chi connectivity index (χ2n) is 5.08. The van der Waals surface area contributed by atoms with Crippen LogP contribution in [0.4, 0.5) is 5.00 Å². The third-order valence-electron chi connectivity index (χ3n) is 3.53. The maximum absolute atomic E-state index is 12.6. The monoisotopic (exact) mass is 399 g/mol. The van der Waals surface area contributed by atoms with E-state index in [0.717, 1.165) is 11.3 Å². The number of carbonyl (C=O) groups is 3. The van der Waals surface area contributed by atoms with E-state index < -0.39 is 17.8 Å². The van der Waals surface area contributed by atoms with Crippen LogP contribution < -0.4 is 5.32 Å². The molecule has 0 fully saturated rings. The van der Waals surface area contributed by atoms with Crippen molar-refractivity contribution in [3.8, 4) is 0 Å². The van der Waals surface area contributed by atoms with Crippen molar-refractivity contribution in [3.05, 3.63) is 32.9 Å². The van der Waals surface area contributed by atoms with Crippen molar-refractivity contribution in [1.29, 1.82) is 0 Å². The van der Waals surface area contributed by atoms with Gasteiger partial charge in [0.25, 0.3) is 5.91 Å². The molecular formula is C16H18ClN3O5S. The van der Waals surface area contributed by atoms with Gasteiger partial charge in [0.05, 0.1) is 30.5 Å². The molecule has 0 saturated heterocycles. The molecule has 0 aliphatic rings. The van der Waals surface area contributed by atoms with Gasteiger partial charge < -0.3 is 14.8 Å². The predicted octanol–water partition coefficient (Wildman–Crippen LogP) is 3.14. The lowest BCUT2D eigenvalue weighted by Gasteiger charge is -2.08. The molecule has 2 aromatic rings. The van der Waals surface area contributed by atoms with E-state index in [1.807, 2.05) is 6.92 Å². The summed E-state index contributed by atoms with van der Waals surface area (Å²) in [5.74, 6) is -1.78. The van der Waals surface area contributed by atoms with Gasteiger partial charge in [-0.2, -0.15) is 5.10 Å². The number of methoxy groups -OCH3 is 1. The molecule has 140 valence electrons. The molecule has 8 nitrogen and oxygen atoms in total. The highest BCUT2D eigenvalue weighted by atomic mass is 35.5. The second kappa shape index (κ2) is 8.33. The van der Waals surface area contributed by atoms with Crippen LogP contribution >= 0.6 is 22.9 Å². The minimum atomic E-state index is -0.667. The van der Waals surface area contributed by atoms with E-state index in [1.54, 1.807) is 13.8 Å². The molecule has 0 aromatic carbocycles. The minimum Gasteiger partial charge on any atom is -0.465 e. The topological polar surface area (TPSA) is 99.5 Å². The van der Waals surface area contributed by atoms with Crippen molar-refractivity contribution in [1.82, 2.24) is 9.78 Å². The Kier molecular flexibility index (Phi) is 6.38. The number of rotatable bonds is 6. The summed E-state index contributed by atoms with van der Waals surface area (Å²) < 4.78 is 11.2. The van der Waals surface area contributed by atoms with E-state index in [0.29, 0.717) is 12.1 Å². The van der Waals surface area contributed by atoms with Gasteiger partial charge in [-0.15, -0.1) is 11.3 Å². The van der Waals surface area contributed by atoms with Crippen molar-refractivity contribution in [3.63, 3.8) is 0 Å². The summed E-state index contributed by atoms with van der Waals surface area (Å²) in [7, 11) is 1.22. The maximum Gasteiger partial charge on any atom is 0.348 e. The molecule has 0 atom stereocenters. The lowest BCUT2D eigenvalue weighted by Crippen LogP contribution is -2.19. The summed E-state index contributed by atoms with van der Waals surface area (Å²) in [4.78, 5) is 37.1. The molecular weight excluding hydrogens is 382 g/mol.